The fourth-order valence-electron chi connectivity index (χ4n) is 3.12. The summed E-state index contributed by atoms with van der Waals surface area (Å²) < 4.78 is 0. The van der Waals surface area contributed by atoms with Crippen LogP contribution in [0.1, 0.15) is 11.1 Å². The molecule has 0 saturated carbocycles. The Kier molecular flexibility index (Phi) is 6.48. The highest BCUT2D eigenvalue weighted by atomic mass is 35.5. The van der Waals surface area contributed by atoms with Crippen LogP contribution < -0.4 is 5.73 Å². The van der Waals surface area contributed by atoms with E-state index in [0.717, 1.165) is 25.2 Å². The Balaban J connectivity index is 1.51. The monoisotopic (exact) mass is 392 g/mol. The Hall–Kier alpha value is -1.66. The van der Waals surface area contributed by atoms with Crippen LogP contribution in [0.25, 0.3) is 0 Å². The number of carbonyl (C=O) groups excluding carboxylic acids is 1. The van der Waals surface area contributed by atoms with E-state index in [9.17, 15) is 4.79 Å². The predicted molar refractivity (Wildman–Crippen MR) is 104 cm³/mol. The number of halogens is 2. The number of amides is 1. The molecule has 1 amide bonds. The maximum Gasteiger partial charge on any atom is 0.239 e. The maximum atomic E-state index is 12.7. The van der Waals surface area contributed by atoms with Crippen LogP contribution in [0.4, 0.5) is 0 Å². The molecule has 1 aromatic carbocycles. The van der Waals surface area contributed by atoms with Crippen LogP contribution in [0.2, 0.25) is 10.0 Å². The average Bonchev–Trinajstić information content (AvgIpc) is 2.65. The number of hydrogen-bond donors (Lipinski definition) is 1. The van der Waals surface area contributed by atoms with Crippen LogP contribution in [-0.2, 0) is 17.8 Å². The molecule has 2 N–H and O–H groups in total. The number of piperazine rings is 1. The van der Waals surface area contributed by atoms with Crippen molar-refractivity contribution in [1.82, 2.24) is 14.8 Å². The maximum absolute atomic E-state index is 12.7. The molecule has 1 aliphatic rings. The number of pyridine rings is 1. The lowest BCUT2D eigenvalue weighted by Crippen LogP contribution is -2.53. The molecule has 2 aromatic rings. The molecule has 1 fully saturated rings. The summed E-state index contributed by atoms with van der Waals surface area (Å²) in [5.41, 5.74) is 8.21. The first-order valence-electron chi connectivity index (χ1n) is 8.62. The van der Waals surface area contributed by atoms with E-state index in [0.29, 0.717) is 29.6 Å². The lowest BCUT2D eigenvalue weighted by Gasteiger charge is -2.36. The number of benzene rings is 1. The molecule has 2 heterocycles. The third-order valence-corrected chi connectivity index (χ3v) is 5.20. The van der Waals surface area contributed by atoms with Gasteiger partial charge in [-0.05, 0) is 41.8 Å². The second-order valence-electron chi connectivity index (χ2n) is 6.50. The van der Waals surface area contributed by atoms with Crippen LogP contribution in [0, 0.1) is 0 Å². The third-order valence-electron chi connectivity index (χ3n) is 4.61. The van der Waals surface area contributed by atoms with E-state index >= 15 is 0 Å². The van der Waals surface area contributed by atoms with Crippen molar-refractivity contribution >= 4 is 29.1 Å². The van der Waals surface area contributed by atoms with Crippen LogP contribution in [0.3, 0.4) is 0 Å². The fraction of sp³-hybridized carbons (Fsp3) is 0.368. The zero-order valence-corrected chi connectivity index (χ0v) is 16.0. The van der Waals surface area contributed by atoms with Gasteiger partial charge >= 0.3 is 0 Å². The minimum absolute atomic E-state index is 0.0282. The van der Waals surface area contributed by atoms with Gasteiger partial charge in [0.05, 0.1) is 6.04 Å². The molecule has 138 valence electrons. The van der Waals surface area contributed by atoms with Gasteiger partial charge in [-0.15, -0.1) is 0 Å². The molecular weight excluding hydrogens is 371 g/mol. The first kappa shape index (κ1) is 19.1. The van der Waals surface area contributed by atoms with Crippen molar-refractivity contribution in [1.29, 1.82) is 0 Å². The Labute approximate surface area is 163 Å². The van der Waals surface area contributed by atoms with Crippen molar-refractivity contribution in [2.24, 2.45) is 5.73 Å². The first-order valence-corrected chi connectivity index (χ1v) is 9.38. The average molecular weight is 393 g/mol. The van der Waals surface area contributed by atoms with Gasteiger partial charge in [0.25, 0.3) is 0 Å². The molecule has 1 unspecified atom stereocenters. The standard InChI is InChI=1S/C19H22Cl2N4O/c20-16-2-1-15(17(21)12-16)11-18(22)19(26)25-9-7-24(8-10-25)13-14-3-5-23-6-4-14/h1-6,12,18H,7-11,13,22H2. The Morgan fingerprint density at radius 3 is 2.46 bits per heavy atom. The number of carbonyl (C=O) groups is 1. The number of aromatic nitrogens is 1. The summed E-state index contributed by atoms with van der Waals surface area (Å²) in [6.07, 6.45) is 4.01. The summed E-state index contributed by atoms with van der Waals surface area (Å²) in [6, 6.07) is 8.70. The molecule has 1 atom stereocenters. The number of nitrogens with two attached hydrogens (primary N) is 1. The lowest BCUT2D eigenvalue weighted by molar-refractivity contribution is -0.134. The van der Waals surface area contributed by atoms with E-state index in [1.54, 1.807) is 24.5 Å². The highest BCUT2D eigenvalue weighted by molar-refractivity contribution is 6.35. The van der Waals surface area contributed by atoms with Gasteiger partial charge in [0.2, 0.25) is 5.91 Å². The second-order valence-corrected chi connectivity index (χ2v) is 7.35. The predicted octanol–water partition coefficient (Wildman–Crippen LogP) is 2.60. The second kappa shape index (κ2) is 8.82. The lowest BCUT2D eigenvalue weighted by atomic mass is 10.0. The van der Waals surface area contributed by atoms with Gasteiger partial charge in [-0.2, -0.15) is 0 Å². The van der Waals surface area contributed by atoms with Crippen LogP contribution in [0.15, 0.2) is 42.7 Å². The normalized spacial score (nSPS) is 16.5. The SMILES string of the molecule is NC(Cc1ccc(Cl)cc1Cl)C(=O)N1CCN(Cc2ccncc2)CC1. The van der Waals surface area contributed by atoms with Crippen LogP contribution in [-0.4, -0.2) is 52.9 Å². The van der Waals surface area contributed by atoms with Crippen LogP contribution >= 0.6 is 23.2 Å². The van der Waals surface area contributed by atoms with Gasteiger partial charge in [0, 0.05) is 55.2 Å². The minimum atomic E-state index is -0.597. The molecule has 26 heavy (non-hydrogen) atoms. The summed E-state index contributed by atoms with van der Waals surface area (Å²) in [6.45, 7) is 3.92. The van der Waals surface area contributed by atoms with E-state index in [2.05, 4.69) is 9.88 Å². The summed E-state index contributed by atoms with van der Waals surface area (Å²) in [4.78, 5) is 20.9. The molecule has 1 saturated heterocycles. The molecule has 5 nitrogen and oxygen atoms in total. The largest absolute Gasteiger partial charge is 0.339 e. The smallest absolute Gasteiger partial charge is 0.239 e. The Morgan fingerprint density at radius 1 is 1.12 bits per heavy atom. The van der Waals surface area contributed by atoms with Crippen molar-refractivity contribution in [3.05, 3.63) is 63.9 Å². The van der Waals surface area contributed by atoms with E-state index in [1.165, 1.54) is 5.56 Å². The zero-order chi connectivity index (χ0) is 18.5. The highest BCUT2D eigenvalue weighted by Gasteiger charge is 2.25. The molecule has 7 heteroatoms. The van der Waals surface area contributed by atoms with Gasteiger partial charge in [0.15, 0.2) is 0 Å². The summed E-state index contributed by atoms with van der Waals surface area (Å²) in [5, 5.41) is 1.12. The van der Waals surface area contributed by atoms with Gasteiger partial charge in [-0.3, -0.25) is 14.7 Å². The summed E-state index contributed by atoms with van der Waals surface area (Å²) in [5.74, 6) is -0.0282. The zero-order valence-electron chi connectivity index (χ0n) is 14.4. The molecule has 3 rings (SSSR count). The van der Waals surface area contributed by atoms with Crippen molar-refractivity contribution < 1.29 is 4.79 Å². The number of hydrogen-bond acceptors (Lipinski definition) is 4. The third kappa shape index (κ3) is 4.95. The number of nitrogens with zero attached hydrogens (tertiary/aromatic N) is 3. The van der Waals surface area contributed by atoms with E-state index < -0.39 is 6.04 Å². The van der Waals surface area contributed by atoms with Crippen molar-refractivity contribution in [2.75, 3.05) is 26.2 Å². The Morgan fingerprint density at radius 2 is 1.81 bits per heavy atom. The molecule has 0 radical (unpaired) electrons. The fourth-order valence-corrected chi connectivity index (χ4v) is 3.60. The quantitative estimate of drug-likeness (QED) is 0.849. The topological polar surface area (TPSA) is 62.5 Å². The summed E-state index contributed by atoms with van der Waals surface area (Å²) in [7, 11) is 0. The molecule has 1 aromatic heterocycles. The van der Waals surface area contributed by atoms with Crippen LogP contribution in [0.5, 0.6) is 0 Å². The van der Waals surface area contributed by atoms with Crippen molar-refractivity contribution in [2.45, 2.75) is 19.0 Å². The summed E-state index contributed by atoms with van der Waals surface area (Å²) >= 11 is 12.1. The highest BCUT2D eigenvalue weighted by Crippen LogP contribution is 2.22. The van der Waals surface area contributed by atoms with Gasteiger partial charge in [-0.1, -0.05) is 29.3 Å². The molecule has 0 bridgehead atoms. The van der Waals surface area contributed by atoms with Crippen molar-refractivity contribution in [3.63, 3.8) is 0 Å². The van der Waals surface area contributed by atoms with Crippen molar-refractivity contribution in [3.8, 4) is 0 Å². The van der Waals surface area contributed by atoms with E-state index in [-0.39, 0.29) is 5.91 Å². The van der Waals surface area contributed by atoms with Gasteiger partial charge in [-0.25, -0.2) is 0 Å². The minimum Gasteiger partial charge on any atom is -0.339 e. The van der Waals surface area contributed by atoms with E-state index in [1.807, 2.05) is 23.1 Å². The van der Waals surface area contributed by atoms with Gasteiger partial charge in [0.1, 0.15) is 0 Å². The first-order chi connectivity index (χ1) is 12.5. The molecule has 0 spiro atoms. The van der Waals surface area contributed by atoms with E-state index in [4.69, 9.17) is 28.9 Å². The number of rotatable bonds is 5. The molecular formula is C19H22Cl2N4O. The van der Waals surface area contributed by atoms with Gasteiger partial charge < -0.3 is 10.6 Å². The Bertz CT molecular complexity index is 748. The molecule has 1 aliphatic heterocycles. The molecule has 0 aliphatic carbocycles.